The summed E-state index contributed by atoms with van der Waals surface area (Å²) in [5.74, 6) is -0.170. The second kappa shape index (κ2) is 45.7. The molecule has 1 amide bonds. The summed E-state index contributed by atoms with van der Waals surface area (Å²) in [5, 5.41) is 54.4. The van der Waals surface area contributed by atoms with Crippen molar-refractivity contribution in [3.63, 3.8) is 0 Å². The fourth-order valence-corrected chi connectivity index (χ4v) is 9.16. The van der Waals surface area contributed by atoms with Crippen LogP contribution in [0.15, 0.2) is 12.2 Å². The van der Waals surface area contributed by atoms with E-state index < -0.39 is 49.5 Å². The van der Waals surface area contributed by atoms with Gasteiger partial charge in [-0.1, -0.05) is 264 Å². The first-order chi connectivity index (χ1) is 31.3. The SMILES string of the molecule is CCCCCCCCCCCCCCCC/C=C/C(O)C(COC1OC(CO)C(O)C(O)C1O)NC(=O)CCCCCCCCCCCCCCCCCCCCCCCCCCC. The maximum atomic E-state index is 13.0. The molecule has 0 aromatic heterocycles. The molecule has 64 heavy (non-hydrogen) atoms. The Labute approximate surface area is 395 Å². The number of ether oxygens (including phenoxy) is 2. The van der Waals surface area contributed by atoms with Crippen LogP contribution in [0.25, 0.3) is 0 Å². The molecule has 7 unspecified atom stereocenters. The lowest BCUT2D eigenvalue weighted by Gasteiger charge is -2.40. The summed E-state index contributed by atoms with van der Waals surface area (Å²) in [6, 6.07) is -0.799. The van der Waals surface area contributed by atoms with Crippen LogP contribution < -0.4 is 5.32 Å². The lowest BCUT2D eigenvalue weighted by molar-refractivity contribution is -0.302. The molecule has 1 fully saturated rings. The fraction of sp³-hybridized carbons (Fsp3) is 0.945. The molecule has 9 heteroatoms. The molecule has 1 aliphatic heterocycles. The summed E-state index contributed by atoms with van der Waals surface area (Å²) < 4.78 is 11.3. The summed E-state index contributed by atoms with van der Waals surface area (Å²) in [6.45, 7) is 3.81. The summed E-state index contributed by atoms with van der Waals surface area (Å²) in [6.07, 6.45) is 48.4. The number of hydrogen-bond acceptors (Lipinski definition) is 8. The molecular weight excluding hydrogens is 803 g/mol. The maximum absolute atomic E-state index is 13.0. The van der Waals surface area contributed by atoms with Gasteiger partial charge >= 0.3 is 0 Å². The third kappa shape index (κ3) is 35.1. The van der Waals surface area contributed by atoms with Gasteiger partial charge in [0.1, 0.15) is 24.4 Å². The van der Waals surface area contributed by atoms with E-state index in [1.165, 1.54) is 218 Å². The van der Waals surface area contributed by atoms with Gasteiger partial charge in [-0.2, -0.15) is 0 Å². The Morgan fingerprint density at radius 3 is 1.22 bits per heavy atom. The summed E-state index contributed by atoms with van der Waals surface area (Å²) in [4.78, 5) is 13.0. The Balaban J connectivity index is 2.20. The summed E-state index contributed by atoms with van der Waals surface area (Å²) in [7, 11) is 0. The molecule has 1 aliphatic rings. The number of nitrogens with one attached hydrogen (secondary N) is 1. The van der Waals surface area contributed by atoms with E-state index in [0.717, 1.165) is 38.5 Å². The number of aliphatic hydroxyl groups excluding tert-OH is 5. The highest BCUT2D eigenvalue weighted by atomic mass is 16.7. The van der Waals surface area contributed by atoms with Gasteiger partial charge in [0, 0.05) is 6.42 Å². The molecule has 1 heterocycles. The van der Waals surface area contributed by atoms with Gasteiger partial charge in [0.05, 0.1) is 25.4 Å². The van der Waals surface area contributed by atoms with Crippen molar-refractivity contribution in [2.45, 2.75) is 320 Å². The van der Waals surface area contributed by atoms with E-state index in [2.05, 4.69) is 19.2 Å². The van der Waals surface area contributed by atoms with Crippen LogP contribution in [0, 0.1) is 0 Å². The Kier molecular flexibility index (Phi) is 43.5. The number of amides is 1. The average Bonchev–Trinajstić information content (AvgIpc) is 3.29. The molecule has 9 nitrogen and oxygen atoms in total. The molecule has 0 spiro atoms. The van der Waals surface area contributed by atoms with Crippen molar-refractivity contribution in [3.05, 3.63) is 12.2 Å². The third-order valence-electron chi connectivity index (χ3n) is 13.6. The van der Waals surface area contributed by atoms with Crippen molar-refractivity contribution in [2.75, 3.05) is 13.2 Å². The number of allylic oxidation sites excluding steroid dienone is 1. The second-order valence-electron chi connectivity index (χ2n) is 19.7. The third-order valence-corrected chi connectivity index (χ3v) is 13.6. The van der Waals surface area contributed by atoms with Gasteiger partial charge < -0.3 is 40.3 Å². The zero-order chi connectivity index (χ0) is 46.6. The van der Waals surface area contributed by atoms with Crippen LogP contribution in [0.4, 0.5) is 0 Å². The predicted octanol–water partition coefficient (Wildman–Crippen LogP) is 13.2. The van der Waals surface area contributed by atoms with Crippen LogP contribution in [0.3, 0.4) is 0 Å². The van der Waals surface area contributed by atoms with E-state index >= 15 is 0 Å². The molecular formula is C55H107NO8. The maximum Gasteiger partial charge on any atom is 0.220 e. The second-order valence-corrected chi connectivity index (χ2v) is 19.7. The number of hydrogen-bond donors (Lipinski definition) is 6. The van der Waals surface area contributed by atoms with Gasteiger partial charge in [-0.15, -0.1) is 0 Å². The van der Waals surface area contributed by atoms with E-state index in [1.807, 2.05) is 6.08 Å². The number of carbonyl (C=O) groups is 1. The van der Waals surface area contributed by atoms with Crippen LogP contribution >= 0.6 is 0 Å². The zero-order valence-corrected chi connectivity index (χ0v) is 42.1. The normalized spacial score (nSPS) is 20.0. The Hall–Kier alpha value is -1.07. The van der Waals surface area contributed by atoms with Crippen LogP contribution in [-0.2, 0) is 14.3 Å². The molecule has 1 saturated heterocycles. The van der Waals surface area contributed by atoms with E-state index in [9.17, 15) is 30.3 Å². The zero-order valence-electron chi connectivity index (χ0n) is 42.1. The summed E-state index contributed by atoms with van der Waals surface area (Å²) in [5.41, 5.74) is 0. The first-order valence-corrected chi connectivity index (χ1v) is 27.9. The monoisotopic (exact) mass is 910 g/mol. The first kappa shape index (κ1) is 60.9. The highest BCUT2D eigenvalue weighted by molar-refractivity contribution is 5.76. The van der Waals surface area contributed by atoms with Crippen molar-refractivity contribution in [1.29, 1.82) is 0 Å². The van der Waals surface area contributed by atoms with Crippen molar-refractivity contribution in [3.8, 4) is 0 Å². The number of aliphatic hydroxyl groups is 5. The van der Waals surface area contributed by atoms with E-state index in [1.54, 1.807) is 6.08 Å². The van der Waals surface area contributed by atoms with Crippen molar-refractivity contribution in [2.24, 2.45) is 0 Å². The van der Waals surface area contributed by atoms with Gasteiger partial charge in [0.25, 0.3) is 0 Å². The van der Waals surface area contributed by atoms with Crippen molar-refractivity contribution >= 4 is 5.91 Å². The van der Waals surface area contributed by atoms with Crippen LogP contribution in [-0.4, -0.2) is 87.5 Å². The van der Waals surface area contributed by atoms with Crippen LogP contribution in [0.1, 0.15) is 277 Å². The topological polar surface area (TPSA) is 149 Å². The quantitative estimate of drug-likeness (QED) is 0.0261. The van der Waals surface area contributed by atoms with Crippen molar-refractivity contribution < 1.29 is 39.8 Å². The summed E-state index contributed by atoms with van der Waals surface area (Å²) >= 11 is 0. The predicted molar refractivity (Wildman–Crippen MR) is 267 cm³/mol. The van der Waals surface area contributed by atoms with Crippen molar-refractivity contribution in [1.82, 2.24) is 5.32 Å². The molecule has 0 aromatic carbocycles. The molecule has 6 N–H and O–H groups in total. The Morgan fingerprint density at radius 1 is 0.516 bits per heavy atom. The van der Waals surface area contributed by atoms with E-state index in [4.69, 9.17) is 9.47 Å². The van der Waals surface area contributed by atoms with Gasteiger partial charge in [-0.25, -0.2) is 0 Å². The minimum Gasteiger partial charge on any atom is -0.394 e. The lowest BCUT2D eigenvalue weighted by atomic mass is 9.99. The number of carbonyl (C=O) groups excluding carboxylic acids is 1. The Bertz CT molecular complexity index is 1010. The minimum absolute atomic E-state index is 0.170. The first-order valence-electron chi connectivity index (χ1n) is 27.9. The number of unbranched alkanes of at least 4 members (excludes halogenated alkanes) is 38. The van der Waals surface area contributed by atoms with E-state index in [0.29, 0.717) is 6.42 Å². The fourth-order valence-electron chi connectivity index (χ4n) is 9.16. The molecule has 7 atom stereocenters. The average molecular weight is 910 g/mol. The van der Waals surface area contributed by atoms with Gasteiger partial charge in [-0.05, 0) is 19.3 Å². The smallest absolute Gasteiger partial charge is 0.220 e. The molecule has 380 valence electrons. The minimum atomic E-state index is -1.56. The highest BCUT2D eigenvalue weighted by Gasteiger charge is 2.44. The molecule has 0 aliphatic carbocycles. The highest BCUT2D eigenvalue weighted by Crippen LogP contribution is 2.23. The molecule has 0 bridgehead atoms. The molecule has 0 saturated carbocycles. The molecule has 0 aromatic rings. The number of rotatable bonds is 48. The lowest BCUT2D eigenvalue weighted by Crippen LogP contribution is -2.60. The van der Waals surface area contributed by atoms with Gasteiger partial charge in [0.15, 0.2) is 6.29 Å². The van der Waals surface area contributed by atoms with Gasteiger partial charge in [-0.3, -0.25) is 4.79 Å². The standard InChI is InChI=1S/C55H107NO8/c1-3-5-7-9-11-13-15-17-19-21-22-23-24-25-26-27-28-29-31-33-35-37-39-41-43-45-51(59)56-48(47-63-55-54(62)53(61)52(60)50(46-57)64-55)49(58)44-42-40-38-36-34-32-30-20-18-16-14-12-10-8-6-4-2/h42,44,48-50,52-55,57-58,60-62H,3-41,43,45-47H2,1-2H3,(H,56,59)/b44-42+. The van der Waals surface area contributed by atoms with Gasteiger partial charge in [0.2, 0.25) is 5.91 Å². The Morgan fingerprint density at radius 2 is 0.859 bits per heavy atom. The molecule has 0 radical (unpaired) electrons. The largest absolute Gasteiger partial charge is 0.394 e. The van der Waals surface area contributed by atoms with E-state index in [-0.39, 0.29) is 12.5 Å². The molecule has 1 rings (SSSR count). The van der Waals surface area contributed by atoms with Crippen LogP contribution in [0.5, 0.6) is 0 Å². The van der Waals surface area contributed by atoms with Crippen LogP contribution in [0.2, 0.25) is 0 Å².